The number of ether oxygens (including phenoxy) is 1. The predicted molar refractivity (Wildman–Crippen MR) is 101 cm³/mol. The van der Waals surface area contributed by atoms with E-state index in [1.54, 1.807) is 0 Å². The summed E-state index contributed by atoms with van der Waals surface area (Å²) in [6.45, 7) is 8.55. The van der Waals surface area contributed by atoms with E-state index >= 15 is 0 Å². The summed E-state index contributed by atoms with van der Waals surface area (Å²) in [4.78, 5) is 39.7. The molecule has 1 spiro atoms. The van der Waals surface area contributed by atoms with Gasteiger partial charge in [-0.25, -0.2) is 0 Å². The Bertz CT molecular complexity index is 700. The summed E-state index contributed by atoms with van der Waals surface area (Å²) in [5.74, 6) is -0.405. The number of alkyl halides is 1. The second-order valence-corrected chi connectivity index (χ2v) is 9.85. The summed E-state index contributed by atoms with van der Waals surface area (Å²) in [5, 5.41) is 0. The fourth-order valence-corrected chi connectivity index (χ4v) is 8.03. The number of unbranched alkanes of at least 4 members (excludes halogenated alkanes) is 1. The number of carbonyl (C=O) groups excluding carboxylic acids is 3. The third-order valence-corrected chi connectivity index (χ3v) is 8.81. The smallest absolute Gasteiger partial charge is 0.312 e. The van der Waals surface area contributed by atoms with E-state index in [-0.39, 0.29) is 41.2 Å². The first kappa shape index (κ1) is 18.4. The molecule has 3 unspecified atom stereocenters. The van der Waals surface area contributed by atoms with Crippen molar-refractivity contribution < 1.29 is 19.1 Å². The van der Waals surface area contributed by atoms with Crippen LogP contribution >= 0.6 is 15.9 Å². The highest BCUT2D eigenvalue weighted by Crippen LogP contribution is 2.68. The van der Waals surface area contributed by atoms with Gasteiger partial charge < -0.3 is 4.74 Å². The van der Waals surface area contributed by atoms with Crippen LogP contribution < -0.4 is 0 Å². The molecular weight excluding hydrogens is 396 g/mol. The number of allylic oxidation sites excluding steroid dienone is 1. The van der Waals surface area contributed by atoms with Crippen molar-refractivity contribution in [3.8, 4) is 0 Å². The molecule has 4 nitrogen and oxygen atoms in total. The summed E-state index contributed by atoms with van der Waals surface area (Å²) in [7, 11) is 0. The Balaban J connectivity index is 1.93. The van der Waals surface area contributed by atoms with E-state index < -0.39 is 15.7 Å². The Morgan fingerprint density at radius 3 is 2.73 bits per heavy atom. The summed E-state index contributed by atoms with van der Waals surface area (Å²) >= 11 is 3.65. The van der Waals surface area contributed by atoms with Crippen LogP contribution in [0.3, 0.4) is 0 Å². The maximum Gasteiger partial charge on any atom is 0.312 e. The molecule has 142 valence electrons. The van der Waals surface area contributed by atoms with Crippen molar-refractivity contribution in [1.29, 1.82) is 0 Å². The van der Waals surface area contributed by atoms with Gasteiger partial charge in [0.25, 0.3) is 0 Å². The number of rotatable bonds is 3. The fraction of sp³-hybridized carbons (Fsp3) is 0.762. The molecule has 0 aromatic rings. The van der Waals surface area contributed by atoms with Gasteiger partial charge in [0.15, 0.2) is 11.6 Å². The van der Waals surface area contributed by atoms with Crippen LogP contribution in [0.1, 0.15) is 52.4 Å². The van der Waals surface area contributed by atoms with Gasteiger partial charge in [0.1, 0.15) is 0 Å². The van der Waals surface area contributed by atoms with E-state index in [2.05, 4.69) is 36.4 Å². The molecule has 0 N–H and O–H groups in total. The van der Waals surface area contributed by atoms with Gasteiger partial charge in [-0.05, 0) is 49.0 Å². The highest BCUT2D eigenvalue weighted by Gasteiger charge is 2.75. The van der Waals surface area contributed by atoms with Gasteiger partial charge in [-0.1, -0.05) is 49.2 Å². The van der Waals surface area contributed by atoms with Gasteiger partial charge in [-0.3, -0.25) is 14.4 Å². The van der Waals surface area contributed by atoms with Crippen LogP contribution in [0.4, 0.5) is 0 Å². The Labute approximate surface area is 163 Å². The van der Waals surface area contributed by atoms with Crippen molar-refractivity contribution in [2.45, 2.75) is 57.2 Å². The average molecular weight is 423 g/mol. The van der Waals surface area contributed by atoms with Crippen LogP contribution in [0.5, 0.6) is 0 Å². The van der Waals surface area contributed by atoms with Gasteiger partial charge in [0.2, 0.25) is 0 Å². The maximum atomic E-state index is 13.6. The zero-order valence-corrected chi connectivity index (χ0v) is 17.1. The molecule has 4 aliphatic carbocycles. The van der Waals surface area contributed by atoms with E-state index in [0.29, 0.717) is 25.0 Å². The molecule has 5 heteroatoms. The Morgan fingerprint density at radius 2 is 2.04 bits per heavy atom. The monoisotopic (exact) mass is 422 g/mol. The minimum Gasteiger partial charge on any atom is -0.465 e. The van der Waals surface area contributed by atoms with E-state index in [4.69, 9.17) is 4.74 Å². The van der Waals surface area contributed by atoms with E-state index in [9.17, 15) is 14.4 Å². The molecule has 2 bridgehead atoms. The number of halogens is 1. The van der Waals surface area contributed by atoms with Crippen LogP contribution in [0, 0.1) is 34.5 Å². The van der Waals surface area contributed by atoms with E-state index in [1.165, 1.54) is 0 Å². The van der Waals surface area contributed by atoms with Crippen molar-refractivity contribution in [2.75, 3.05) is 6.61 Å². The highest BCUT2D eigenvalue weighted by molar-refractivity contribution is 9.10. The first-order valence-electron chi connectivity index (χ1n) is 9.91. The summed E-state index contributed by atoms with van der Waals surface area (Å²) in [5.41, 5.74) is -1.20. The molecule has 5 aliphatic rings. The Hall–Kier alpha value is -0.970. The zero-order valence-electron chi connectivity index (χ0n) is 15.6. The molecule has 7 atom stereocenters. The zero-order chi connectivity index (χ0) is 18.9. The number of carbonyl (C=O) groups is 3. The molecule has 4 saturated carbocycles. The normalized spacial score (nSPS) is 47.4. The molecule has 26 heavy (non-hydrogen) atoms. The van der Waals surface area contributed by atoms with Crippen LogP contribution in [0.25, 0.3) is 0 Å². The van der Waals surface area contributed by atoms with Gasteiger partial charge in [0.05, 0.1) is 22.3 Å². The molecular formula is C21H27BrO4. The lowest BCUT2D eigenvalue weighted by molar-refractivity contribution is -0.206. The largest absolute Gasteiger partial charge is 0.465 e. The molecule has 1 saturated heterocycles. The minimum atomic E-state index is -1.07. The maximum absolute atomic E-state index is 13.6. The second kappa shape index (κ2) is 6.02. The summed E-state index contributed by atoms with van der Waals surface area (Å²) in [6, 6.07) is 0. The fourth-order valence-electron chi connectivity index (χ4n) is 6.63. The molecule has 5 fully saturated rings. The van der Waals surface area contributed by atoms with Crippen molar-refractivity contribution in [1.82, 2.24) is 0 Å². The van der Waals surface area contributed by atoms with Crippen LogP contribution in [-0.2, 0) is 19.1 Å². The number of esters is 1. The number of fused-ring (bicyclic) bond motifs is 3. The standard InChI is InChI=1S/C21H27BrO4/c1-4-5-7-20-14-9-13-6-8-21(14,17(23)12(13)3)18(24)16(22)15(20)11(2)10-26-19(20)25/h11,13-16H,3-10H2,1-2H3/t11-,13+,14?,15?,16+,20?,21+/m1/s1. The average Bonchev–Trinajstić information content (AvgIpc) is 2.64. The lowest BCUT2D eigenvalue weighted by Crippen LogP contribution is -2.72. The molecule has 0 aromatic heterocycles. The van der Waals surface area contributed by atoms with Gasteiger partial charge >= 0.3 is 5.97 Å². The third kappa shape index (κ3) is 1.99. The van der Waals surface area contributed by atoms with Crippen LogP contribution in [-0.4, -0.2) is 29.0 Å². The lowest BCUT2D eigenvalue weighted by Gasteiger charge is -2.64. The molecule has 0 radical (unpaired) electrons. The van der Waals surface area contributed by atoms with Gasteiger partial charge in [0, 0.05) is 5.92 Å². The second-order valence-electron chi connectivity index (χ2n) is 8.86. The number of Topliss-reactive ketones (excluding diaryl/α,β-unsaturated/α-hetero) is 2. The molecule has 1 aliphatic heterocycles. The number of hydrogen-bond donors (Lipinski definition) is 0. The molecule has 5 rings (SSSR count). The third-order valence-electron chi connectivity index (χ3n) is 7.83. The molecule has 0 amide bonds. The van der Waals surface area contributed by atoms with Gasteiger partial charge in [-0.15, -0.1) is 0 Å². The lowest BCUT2D eigenvalue weighted by atomic mass is 9.38. The van der Waals surface area contributed by atoms with Gasteiger partial charge in [-0.2, -0.15) is 0 Å². The topological polar surface area (TPSA) is 60.4 Å². The summed E-state index contributed by atoms with van der Waals surface area (Å²) < 4.78 is 5.65. The van der Waals surface area contributed by atoms with E-state index in [0.717, 1.165) is 25.7 Å². The minimum absolute atomic E-state index is 0.00882. The quantitative estimate of drug-likeness (QED) is 0.299. The highest BCUT2D eigenvalue weighted by atomic mass is 79.9. The van der Waals surface area contributed by atoms with Crippen molar-refractivity contribution in [3.05, 3.63) is 12.2 Å². The predicted octanol–water partition coefficient (Wildman–Crippen LogP) is 3.86. The Morgan fingerprint density at radius 1 is 1.31 bits per heavy atom. The summed E-state index contributed by atoms with van der Waals surface area (Å²) in [6.07, 6.45) is 4.68. The first-order valence-corrected chi connectivity index (χ1v) is 10.8. The SMILES string of the molecule is C=C1C(=O)[C@]23CC[C@H]1CC2C1(CCCC)C(=O)OC[C@@H](C)C1[C@H](Br)C3=O. The van der Waals surface area contributed by atoms with Crippen LogP contribution in [0.2, 0.25) is 0 Å². The van der Waals surface area contributed by atoms with Crippen molar-refractivity contribution in [2.24, 2.45) is 34.5 Å². The number of hydrogen-bond acceptors (Lipinski definition) is 4. The van der Waals surface area contributed by atoms with Crippen LogP contribution in [0.15, 0.2) is 12.2 Å². The number of ketones is 2. The molecule has 0 aromatic carbocycles. The Kier molecular flexibility index (Phi) is 4.26. The van der Waals surface area contributed by atoms with Crippen molar-refractivity contribution >= 4 is 33.5 Å². The van der Waals surface area contributed by atoms with E-state index in [1.807, 2.05) is 0 Å². The first-order chi connectivity index (χ1) is 12.3. The number of cyclic esters (lactones) is 1. The van der Waals surface area contributed by atoms with Crippen molar-refractivity contribution in [3.63, 3.8) is 0 Å². The molecule has 1 heterocycles.